The van der Waals surface area contributed by atoms with Gasteiger partial charge in [-0.1, -0.05) is 41.9 Å². The standard InChI is InChI=1S/C15H16ClN3O3S/c1-17-15(20)13-9-12(16)7-8-14(13)19-23(21,22)18-10-11-5-3-2-4-6-11/h2-9,18-19H,10H2,1H3,(H,17,20). The predicted molar refractivity (Wildman–Crippen MR) is 90.7 cm³/mol. The Hall–Kier alpha value is -2.09. The first-order chi connectivity index (χ1) is 10.9. The highest BCUT2D eigenvalue weighted by atomic mass is 35.5. The molecule has 8 heteroatoms. The van der Waals surface area contributed by atoms with Crippen molar-refractivity contribution in [3.8, 4) is 0 Å². The number of nitrogens with one attached hydrogen (secondary N) is 3. The molecular formula is C15H16ClN3O3S. The van der Waals surface area contributed by atoms with E-state index < -0.39 is 16.1 Å². The molecule has 0 spiro atoms. The molecule has 2 rings (SSSR count). The van der Waals surface area contributed by atoms with Gasteiger partial charge in [-0.25, -0.2) is 0 Å². The van der Waals surface area contributed by atoms with Crippen molar-refractivity contribution in [2.45, 2.75) is 6.54 Å². The van der Waals surface area contributed by atoms with Crippen LogP contribution in [0.15, 0.2) is 48.5 Å². The normalized spacial score (nSPS) is 11.0. The highest BCUT2D eigenvalue weighted by Crippen LogP contribution is 2.21. The van der Waals surface area contributed by atoms with Gasteiger partial charge in [-0.05, 0) is 23.8 Å². The first-order valence-corrected chi connectivity index (χ1v) is 8.60. The minimum absolute atomic E-state index is 0.138. The Balaban J connectivity index is 2.15. The van der Waals surface area contributed by atoms with Gasteiger partial charge in [-0.15, -0.1) is 0 Å². The molecule has 0 bridgehead atoms. The summed E-state index contributed by atoms with van der Waals surface area (Å²) in [5.74, 6) is -0.437. The Morgan fingerprint density at radius 1 is 1.13 bits per heavy atom. The molecular weight excluding hydrogens is 338 g/mol. The molecule has 122 valence electrons. The summed E-state index contributed by atoms with van der Waals surface area (Å²) < 4.78 is 29.0. The van der Waals surface area contributed by atoms with Crippen molar-refractivity contribution in [3.63, 3.8) is 0 Å². The lowest BCUT2D eigenvalue weighted by Gasteiger charge is -2.13. The molecule has 0 saturated heterocycles. The molecule has 0 aromatic heterocycles. The largest absolute Gasteiger partial charge is 0.355 e. The van der Waals surface area contributed by atoms with Crippen LogP contribution in [0, 0.1) is 0 Å². The van der Waals surface area contributed by atoms with Gasteiger partial charge < -0.3 is 5.32 Å². The zero-order valence-electron chi connectivity index (χ0n) is 12.3. The van der Waals surface area contributed by atoms with E-state index in [4.69, 9.17) is 11.6 Å². The molecule has 1 amide bonds. The van der Waals surface area contributed by atoms with E-state index in [2.05, 4.69) is 14.8 Å². The maximum Gasteiger partial charge on any atom is 0.299 e. The Morgan fingerprint density at radius 3 is 2.48 bits per heavy atom. The maximum absolute atomic E-state index is 12.1. The summed E-state index contributed by atoms with van der Waals surface area (Å²) in [7, 11) is -2.38. The van der Waals surface area contributed by atoms with Crippen LogP contribution < -0.4 is 14.8 Å². The molecule has 0 aliphatic heterocycles. The molecule has 2 aromatic rings. The van der Waals surface area contributed by atoms with E-state index in [9.17, 15) is 13.2 Å². The Morgan fingerprint density at radius 2 is 1.83 bits per heavy atom. The average Bonchev–Trinajstić information content (AvgIpc) is 2.55. The molecule has 0 unspecified atom stereocenters. The van der Waals surface area contributed by atoms with Crippen LogP contribution in [-0.2, 0) is 16.8 Å². The molecule has 3 N–H and O–H groups in total. The number of amides is 1. The molecule has 2 aromatic carbocycles. The molecule has 0 atom stereocenters. The smallest absolute Gasteiger partial charge is 0.299 e. The number of anilines is 1. The first kappa shape index (κ1) is 17.3. The molecule has 6 nitrogen and oxygen atoms in total. The van der Waals surface area contributed by atoms with Crippen molar-refractivity contribution in [2.24, 2.45) is 0 Å². The molecule has 0 radical (unpaired) electrons. The molecule has 0 aliphatic rings. The number of halogens is 1. The van der Waals surface area contributed by atoms with Crippen LogP contribution >= 0.6 is 11.6 Å². The van der Waals surface area contributed by atoms with Gasteiger partial charge >= 0.3 is 0 Å². The maximum atomic E-state index is 12.1. The lowest BCUT2D eigenvalue weighted by molar-refractivity contribution is 0.0964. The van der Waals surface area contributed by atoms with E-state index in [0.29, 0.717) is 5.02 Å². The summed E-state index contributed by atoms with van der Waals surface area (Å²) in [6, 6.07) is 13.4. The first-order valence-electron chi connectivity index (χ1n) is 6.74. The van der Waals surface area contributed by atoms with Gasteiger partial charge in [-0.2, -0.15) is 13.1 Å². The van der Waals surface area contributed by atoms with Gasteiger partial charge in [0.25, 0.3) is 16.1 Å². The zero-order valence-corrected chi connectivity index (χ0v) is 13.9. The summed E-state index contributed by atoms with van der Waals surface area (Å²) >= 11 is 5.86. The predicted octanol–water partition coefficient (Wildman–Crippen LogP) is 2.15. The van der Waals surface area contributed by atoms with Crippen molar-refractivity contribution >= 4 is 33.4 Å². The third-order valence-electron chi connectivity index (χ3n) is 3.01. The molecule has 0 saturated carbocycles. The number of carbonyl (C=O) groups is 1. The van der Waals surface area contributed by atoms with Crippen LogP contribution in [0.25, 0.3) is 0 Å². The van der Waals surface area contributed by atoms with Crippen molar-refractivity contribution in [2.75, 3.05) is 11.8 Å². The van der Waals surface area contributed by atoms with Crippen molar-refractivity contribution in [1.29, 1.82) is 0 Å². The van der Waals surface area contributed by atoms with Crippen LogP contribution in [0.2, 0.25) is 5.02 Å². The minimum atomic E-state index is -3.83. The van der Waals surface area contributed by atoms with Gasteiger partial charge in [0.1, 0.15) is 0 Å². The van der Waals surface area contributed by atoms with E-state index in [1.54, 1.807) is 12.1 Å². The summed E-state index contributed by atoms with van der Waals surface area (Å²) in [5.41, 5.74) is 1.11. The molecule has 0 aliphatic carbocycles. The second kappa shape index (κ2) is 7.45. The quantitative estimate of drug-likeness (QED) is 0.743. The Kier molecular flexibility index (Phi) is 5.59. The number of rotatable bonds is 6. The second-order valence-corrected chi connectivity index (χ2v) is 6.62. The van der Waals surface area contributed by atoms with Crippen LogP contribution in [0.5, 0.6) is 0 Å². The molecule has 0 heterocycles. The van der Waals surface area contributed by atoms with Crippen molar-refractivity contribution in [1.82, 2.24) is 10.0 Å². The summed E-state index contributed by atoms with van der Waals surface area (Å²) in [5, 5.41) is 2.78. The minimum Gasteiger partial charge on any atom is -0.355 e. The Labute approximate surface area is 140 Å². The van der Waals surface area contributed by atoms with Gasteiger partial charge in [0.2, 0.25) is 0 Å². The average molecular weight is 354 g/mol. The number of benzene rings is 2. The topological polar surface area (TPSA) is 87.3 Å². The third-order valence-corrected chi connectivity index (χ3v) is 4.25. The monoisotopic (exact) mass is 353 g/mol. The van der Waals surface area contributed by atoms with Crippen molar-refractivity contribution in [3.05, 3.63) is 64.7 Å². The van der Waals surface area contributed by atoms with E-state index in [-0.39, 0.29) is 17.8 Å². The number of hydrogen-bond donors (Lipinski definition) is 3. The van der Waals surface area contributed by atoms with Crippen LogP contribution in [0.4, 0.5) is 5.69 Å². The van der Waals surface area contributed by atoms with Crippen LogP contribution in [0.3, 0.4) is 0 Å². The van der Waals surface area contributed by atoms with Crippen LogP contribution in [0.1, 0.15) is 15.9 Å². The number of hydrogen-bond acceptors (Lipinski definition) is 3. The SMILES string of the molecule is CNC(=O)c1cc(Cl)ccc1NS(=O)(=O)NCc1ccccc1. The molecule has 23 heavy (non-hydrogen) atoms. The molecule has 0 fully saturated rings. The summed E-state index contributed by atoms with van der Waals surface area (Å²) in [6.07, 6.45) is 0. The van der Waals surface area contributed by atoms with Gasteiger partial charge in [-0.3, -0.25) is 9.52 Å². The second-order valence-electron chi connectivity index (χ2n) is 4.68. The third kappa shape index (κ3) is 4.95. The lowest BCUT2D eigenvalue weighted by Crippen LogP contribution is -2.31. The fraction of sp³-hybridized carbons (Fsp3) is 0.133. The lowest BCUT2D eigenvalue weighted by atomic mass is 10.2. The highest BCUT2D eigenvalue weighted by Gasteiger charge is 2.16. The fourth-order valence-electron chi connectivity index (χ4n) is 1.88. The van der Waals surface area contributed by atoms with E-state index in [1.165, 1.54) is 25.2 Å². The van der Waals surface area contributed by atoms with E-state index in [0.717, 1.165) is 5.56 Å². The summed E-state index contributed by atoms with van der Waals surface area (Å²) in [6.45, 7) is 0.138. The zero-order chi connectivity index (χ0) is 16.9. The van der Waals surface area contributed by atoms with Gasteiger partial charge in [0.05, 0.1) is 11.3 Å². The van der Waals surface area contributed by atoms with Gasteiger partial charge in [0, 0.05) is 18.6 Å². The van der Waals surface area contributed by atoms with E-state index >= 15 is 0 Å². The van der Waals surface area contributed by atoms with E-state index in [1.807, 2.05) is 18.2 Å². The van der Waals surface area contributed by atoms with Crippen LogP contribution in [-0.4, -0.2) is 21.4 Å². The fourth-order valence-corrected chi connectivity index (χ4v) is 2.95. The Bertz CT molecular complexity index is 795. The number of carbonyl (C=O) groups excluding carboxylic acids is 1. The van der Waals surface area contributed by atoms with Gasteiger partial charge in [0.15, 0.2) is 0 Å². The summed E-state index contributed by atoms with van der Waals surface area (Å²) in [4.78, 5) is 11.8. The van der Waals surface area contributed by atoms with Crippen molar-refractivity contribution < 1.29 is 13.2 Å². The highest BCUT2D eigenvalue weighted by molar-refractivity contribution is 7.90.